The first-order valence-electron chi connectivity index (χ1n) is 11.6. The Hall–Kier alpha value is -4.40. The zero-order valence-corrected chi connectivity index (χ0v) is 19.0. The minimum absolute atomic E-state index is 0.0248. The number of fused-ring (bicyclic) bond motifs is 2. The molecule has 0 aliphatic carbocycles. The van der Waals surface area contributed by atoms with Crippen LogP contribution in [-0.4, -0.2) is 41.0 Å². The lowest BCUT2D eigenvalue weighted by molar-refractivity contribution is -0.120. The summed E-state index contributed by atoms with van der Waals surface area (Å²) in [7, 11) is 0. The number of rotatable bonds is 5. The number of pyridine rings is 1. The second-order valence-electron chi connectivity index (χ2n) is 8.60. The molecule has 9 nitrogen and oxygen atoms in total. The van der Waals surface area contributed by atoms with E-state index in [0.717, 1.165) is 54.0 Å². The highest BCUT2D eigenvalue weighted by atomic mass is 16.7. The summed E-state index contributed by atoms with van der Waals surface area (Å²) in [6, 6.07) is 19.4. The summed E-state index contributed by atoms with van der Waals surface area (Å²) in [6.07, 6.45) is 3.27. The first-order valence-corrected chi connectivity index (χ1v) is 11.6. The van der Waals surface area contributed by atoms with Gasteiger partial charge in [0.1, 0.15) is 5.82 Å². The third-order valence-electron chi connectivity index (χ3n) is 6.40. The van der Waals surface area contributed by atoms with Crippen molar-refractivity contribution < 1.29 is 14.3 Å². The van der Waals surface area contributed by atoms with Gasteiger partial charge in [-0.1, -0.05) is 24.3 Å². The Labute approximate surface area is 202 Å². The summed E-state index contributed by atoms with van der Waals surface area (Å²) in [6.45, 7) is 1.70. The highest BCUT2D eigenvalue weighted by Gasteiger charge is 2.26. The molecule has 2 aliphatic rings. The number of piperidine rings is 1. The lowest BCUT2D eigenvalue weighted by Gasteiger charge is -2.31. The maximum atomic E-state index is 12.8. The molecule has 1 saturated heterocycles. The van der Waals surface area contributed by atoms with Gasteiger partial charge in [0.15, 0.2) is 23.1 Å². The summed E-state index contributed by atoms with van der Waals surface area (Å²) in [5.74, 6) is 3.52. The highest BCUT2D eigenvalue weighted by molar-refractivity contribution is 5.93. The van der Waals surface area contributed by atoms with Gasteiger partial charge in [0, 0.05) is 42.3 Å². The van der Waals surface area contributed by atoms with Crippen LogP contribution in [0, 0.1) is 5.92 Å². The fourth-order valence-electron chi connectivity index (χ4n) is 4.49. The van der Waals surface area contributed by atoms with Crippen LogP contribution in [0.25, 0.3) is 10.8 Å². The van der Waals surface area contributed by atoms with Crippen molar-refractivity contribution in [2.45, 2.75) is 12.8 Å². The molecule has 0 saturated carbocycles. The number of anilines is 4. The van der Waals surface area contributed by atoms with Gasteiger partial charge in [-0.3, -0.25) is 4.79 Å². The molecule has 1 fully saturated rings. The minimum Gasteiger partial charge on any atom is -0.454 e. The number of nitrogens with zero attached hydrogens (tertiary/aromatic N) is 4. The van der Waals surface area contributed by atoms with Gasteiger partial charge in [-0.15, -0.1) is 10.2 Å². The smallest absolute Gasteiger partial charge is 0.231 e. The lowest BCUT2D eigenvalue weighted by atomic mass is 9.96. The van der Waals surface area contributed by atoms with Crippen LogP contribution in [0.3, 0.4) is 0 Å². The van der Waals surface area contributed by atoms with Crippen LogP contribution in [0.1, 0.15) is 12.8 Å². The number of amides is 1. The predicted molar refractivity (Wildman–Crippen MR) is 133 cm³/mol. The van der Waals surface area contributed by atoms with Crippen molar-refractivity contribution in [3.05, 3.63) is 66.9 Å². The monoisotopic (exact) mass is 468 g/mol. The van der Waals surface area contributed by atoms with Crippen LogP contribution in [0.2, 0.25) is 0 Å². The number of aromatic nitrogens is 3. The molecule has 0 unspecified atom stereocenters. The molecule has 2 N–H and O–H groups in total. The zero-order valence-electron chi connectivity index (χ0n) is 19.0. The Balaban J connectivity index is 1.05. The molecular weight excluding hydrogens is 444 g/mol. The van der Waals surface area contributed by atoms with E-state index < -0.39 is 0 Å². The van der Waals surface area contributed by atoms with Crippen molar-refractivity contribution in [2.75, 3.05) is 35.4 Å². The molecule has 9 heteroatoms. The summed E-state index contributed by atoms with van der Waals surface area (Å²) >= 11 is 0. The number of hydrogen-bond donors (Lipinski definition) is 2. The molecule has 1 amide bonds. The largest absolute Gasteiger partial charge is 0.454 e. The zero-order chi connectivity index (χ0) is 23.6. The number of ether oxygens (including phenoxy) is 2. The van der Waals surface area contributed by atoms with Gasteiger partial charge in [-0.2, -0.15) is 0 Å². The Kier molecular flexibility index (Phi) is 5.50. The Morgan fingerprint density at radius 2 is 1.80 bits per heavy atom. The standard InChI is InChI=1S/C26H24N6O3/c33-26(28-19-5-6-21-22(15-19)35-16-34-21)18-10-13-32(14-11-18)24-8-7-23(30-31-24)29-25-20-4-2-1-3-17(20)9-12-27-25/h1-9,12,15,18H,10-11,13-14,16H2,(H,28,33)(H,27,29,30). The molecule has 0 atom stereocenters. The molecule has 0 bridgehead atoms. The fraction of sp³-hybridized carbons (Fsp3) is 0.231. The molecule has 6 rings (SSSR count). The second kappa shape index (κ2) is 9.09. The van der Waals surface area contributed by atoms with Crippen molar-refractivity contribution in [1.29, 1.82) is 0 Å². The molecule has 4 aromatic rings. The molecule has 176 valence electrons. The maximum absolute atomic E-state index is 12.8. The first kappa shape index (κ1) is 21.2. The number of benzene rings is 2. The van der Waals surface area contributed by atoms with E-state index in [1.807, 2.05) is 48.5 Å². The van der Waals surface area contributed by atoms with Crippen LogP contribution in [-0.2, 0) is 4.79 Å². The van der Waals surface area contributed by atoms with Gasteiger partial charge < -0.3 is 25.0 Å². The van der Waals surface area contributed by atoms with E-state index in [2.05, 4.69) is 36.8 Å². The van der Waals surface area contributed by atoms with Gasteiger partial charge >= 0.3 is 0 Å². The van der Waals surface area contributed by atoms with E-state index in [9.17, 15) is 4.79 Å². The van der Waals surface area contributed by atoms with E-state index in [4.69, 9.17) is 9.47 Å². The third kappa shape index (κ3) is 4.40. The quantitative estimate of drug-likeness (QED) is 0.446. The van der Waals surface area contributed by atoms with E-state index in [0.29, 0.717) is 17.3 Å². The number of carbonyl (C=O) groups is 1. The fourth-order valence-corrected chi connectivity index (χ4v) is 4.49. The Morgan fingerprint density at radius 1 is 0.943 bits per heavy atom. The predicted octanol–water partition coefficient (Wildman–Crippen LogP) is 4.35. The summed E-state index contributed by atoms with van der Waals surface area (Å²) in [5, 5.41) is 17.2. The van der Waals surface area contributed by atoms with Crippen LogP contribution in [0.15, 0.2) is 66.9 Å². The van der Waals surface area contributed by atoms with Crippen molar-refractivity contribution in [2.24, 2.45) is 5.92 Å². The van der Waals surface area contributed by atoms with Crippen LogP contribution >= 0.6 is 0 Å². The number of nitrogens with one attached hydrogen (secondary N) is 2. The molecule has 2 aliphatic heterocycles. The molecule has 4 heterocycles. The van der Waals surface area contributed by atoms with Crippen molar-refractivity contribution in [3.8, 4) is 11.5 Å². The highest BCUT2D eigenvalue weighted by Crippen LogP contribution is 2.34. The Morgan fingerprint density at radius 3 is 2.66 bits per heavy atom. The first-order chi connectivity index (χ1) is 17.2. The third-order valence-corrected chi connectivity index (χ3v) is 6.40. The SMILES string of the molecule is O=C(Nc1ccc2c(c1)OCO2)C1CCN(c2ccc(Nc3nccc4ccccc34)nn2)CC1. The van der Waals surface area contributed by atoms with Gasteiger partial charge in [0.2, 0.25) is 12.7 Å². The van der Waals surface area contributed by atoms with E-state index in [-0.39, 0.29) is 18.6 Å². The van der Waals surface area contributed by atoms with Crippen LogP contribution < -0.4 is 25.0 Å². The molecule has 0 spiro atoms. The minimum atomic E-state index is -0.0528. The molecule has 2 aromatic heterocycles. The van der Waals surface area contributed by atoms with Gasteiger partial charge in [-0.25, -0.2) is 4.98 Å². The van der Waals surface area contributed by atoms with Crippen molar-refractivity contribution >= 4 is 39.8 Å². The summed E-state index contributed by atoms with van der Waals surface area (Å²) < 4.78 is 10.7. The van der Waals surface area contributed by atoms with Crippen LogP contribution in [0.4, 0.5) is 23.1 Å². The summed E-state index contributed by atoms with van der Waals surface area (Å²) in [5.41, 5.74) is 0.719. The molecular formula is C26H24N6O3. The lowest BCUT2D eigenvalue weighted by Crippen LogP contribution is -2.38. The maximum Gasteiger partial charge on any atom is 0.231 e. The van der Waals surface area contributed by atoms with Crippen molar-refractivity contribution in [3.63, 3.8) is 0 Å². The van der Waals surface area contributed by atoms with Gasteiger partial charge in [-0.05, 0) is 48.6 Å². The number of carbonyl (C=O) groups excluding carboxylic acids is 1. The van der Waals surface area contributed by atoms with Crippen LogP contribution in [0.5, 0.6) is 11.5 Å². The van der Waals surface area contributed by atoms with Gasteiger partial charge in [0.05, 0.1) is 0 Å². The van der Waals surface area contributed by atoms with Gasteiger partial charge in [0.25, 0.3) is 0 Å². The average Bonchev–Trinajstić information content (AvgIpc) is 3.37. The average molecular weight is 469 g/mol. The molecule has 0 radical (unpaired) electrons. The second-order valence-corrected chi connectivity index (χ2v) is 8.60. The Bertz CT molecular complexity index is 1360. The van der Waals surface area contributed by atoms with Crippen molar-refractivity contribution in [1.82, 2.24) is 15.2 Å². The normalized spacial score (nSPS) is 15.3. The van der Waals surface area contributed by atoms with E-state index in [1.165, 1.54) is 0 Å². The topological polar surface area (TPSA) is 102 Å². The summed E-state index contributed by atoms with van der Waals surface area (Å²) in [4.78, 5) is 19.4. The van der Waals surface area contributed by atoms with E-state index >= 15 is 0 Å². The molecule has 35 heavy (non-hydrogen) atoms. The van der Waals surface area contributed by atoms with E-state index in [1.54, 1.807) is 12.3 Å². The molecule has 2 aromatic carbocycles. The number of hydrogen-bond acceptors (Lipinski definition) is 8.